The number of hydrogen-bond donors (Lipinski definition) is 4. The van der Waals surface area contributed by atoms with Gasteiger partial charge >= 0.3 is 5.97 Å². The summed E-state index contributed by atoms with van der Waals surface area (Å²) in [5, 5.41) is 33.5. The molecule has 1 saturated heterocycles. The summed E-state index contributed by atoms with van der Waals surface area (Å²) in [7, 11) is 0. The van der Waals surface area contributed by atoms with Gasteiger partial charge in [0.25, 0.3) is 0 Å². The number of aliphatic hydroxyl groups excluding tert-OH is 1. The highest BCUT2D eigenvalue weighted by Gasteiger charge is 2.50. The topological polar surface area (TPSA) is 115 Å². The van der Waals surface area contributed by atoms with Crippen molar-refractivity contribution in [2.24, 2.45) is 11.8 Å². The van der Waals surface area contributed by atoms with Gasteiger partial charge in [0.05, 0.1) is 30.3 Å². The zero-order valence-electron chi connectivity index (χ0n) is 25.1. The van der Waals surface area contributed by atoms with Crippen molar-refractivity contribution in [3.63, 3.8) is 0 Å². The molecule has 0 amide bonds. The molecule has 2 rings (SSSR count). The second kappa shape index (κ2) is 17.5. The lowest BCUT2D eigenvalue weighted by Crippen LogP contribution is -2.51. The first-order valence-electron chi connectivity index (χ1n) is 14.9. The molecule has 1 aliphatic rings. The molecule has 1 aliphatic heterocycles. The monoisotopic (exact) mass is 556 g/mol. The molecule has 7 heteroatoms. The summed E-state index contributed by atoms with van der Waals surface area (Å²) in [6.07, 6.45) is 19.5. The van der Waals surface area contributed by atoms with E-state index in [1.807, 2.05) is 31.2 Å². The maximum Gasteiger partial charge on any atom is 0.305 e. The average molecular weight is 557 g/mol. The summed E-state index contributed by atoms with van der Waals surface area (Å²) in [6, 6.07) is 3.74. The van der Waals surface area contributed by atoms with Crippen LogP contribution in [0.25, 0.3) is 0 Å². The highest BCUT2D eigenvalue weighted by molar-refractivity contribution is 5.67. The number of aliphatic hydroxyl groups is 2. The van der Waals surface area contributed by atoms with Crippen LogP contribution in [0.3, 0.4) is 0 Å². The molecular formula is C33H52N2O5. The number of carboxylic acids is 1. The number of epoxide rings is 1. The molecule has 1 fully saturated rings. The first kappa shape index (κ1) is 33.9. The van der Waals surface area contributed by atoms with E-state index >= 15 is 0 Å². The fraction of sp³-hybridized carbons (Fsp3) is 0.636. The van der Waals surface area contributed by atoms with E-state index in [2.05, 4.69) is 56.2 Å². The predicted octanol–water partition coefficient (Wildman–Crippen LogP) is 5.98. The number of unbranched alkanes of at least 4 members (excludes halogenated alkanes) is 1. The second-order valence-corrected chi connectivity index (χ2v) is 11.9. The largest absolute Gasteiger partial charge is 0.481 e. The van der Waals surface area contributed by atoms with E-state index in [1.54, 1.807) is 12.4 Å². The smallest absolute Gasteiger partial charge is 0.305 e. The van der Waals surface area contributed by atoms with Crippen molar-refractivity contribution >= 4 is 5.97 Å². The van der Waals surface area contributed by atoms with Crippen LogP contribution in [0.5, 0.6) is 0 Å². The van der Waals surface area contributed by atoms with Gasteiger partial charge in [-0.25, -0.2) is 0 Å². The standard InChI is InChI=1S/C33H52N2O5/c1-6-7-13-29-31(40-29)32(35-23-27-16-19-34-20-17-27)33(5,39)18-9-12-26(4)21-25(3)11-8-10-24(2)14-15-28(36)22-30(37)38/h8-9,11-12,16-20,24-25,28-29,31-32,35-36,39H,6-7,10,13-15,21-23H2,1-5H3,(H,37,38)/b11-8+,18-9+,26-12+. The number of pyridine rings is 1. The minimum absolute atomic E-state index is 0.00824. The van der Waals surface area contributed by atoms with Gasteiger partial charge in [0.2, 0.25) is 0 Å². The molecule has 7 atom stereocenters. The van der Waals surface area contributed by atoms with E-state index in [9.17, 15) is 15.0 Å². The van der Waals surface area contributed by atoms with Crippen LogP contribution >= 0.6 is 0 Å². The molecule has 0 radical (unpaired) electrons. The fourth-order valence-electron chi connectivity index (χ4n) is 5.07. The van der Waals surface area contributed by atoms with Crippen molar-refractivity contribution in [2.45, 2.75) is 122 Å². The third kappa shape index (κ3) is 13.4. The van der Waals surface area contributed by atoms with Crippen molar-refractivity contribution in [3.05, 3.63) is 66.0 Å². The van der Waals surface area contributed by atoms with Crippen molar-refractivity contribution in [2.75, 3.05) is 0 Å². The van der Waals surface area contributed by atoms with Gasteiger partial charge in [0.15, 0.2) is 0 Å². The molecule has 7 nitrogen and oxygen atoms in total. The van der Waals surface area contributed by atoms with Crippen LogP contribution < -0.4 is 5.32 Å². The van der Waals surface area contributed by atoms with E-state index in [1.165, 1.54) is 5.57 Å². The van der Waals surface area contributed by atoms with Crippen molar-refractivity contribution in [3.8, 4) is 0 Å². The quantitative estimate of drug-likeness (QED) is 0.0888. The molecule has 2 heterocycles. The Bertz CT molecular complexity index is 959. The Morgan fingerprint density at radius 3 is 2.62 bits per heavy atom. The van der Waals surface area contributed by atoms with Crippen molar-refractivity contribution in [1.29, 1.82) is 0 Å². The lowest BCUT2D eigenvalue weighted by atomic mass is 9.90. The van der Waals surface area contributed by atoms with Crippen LogP contribution in [0.2, 0.25) is 0 Å². The maximum atomic E-state index is 11.5. The normalized spacial score (nSPS) is 22.2. The second-order valence-electron chi connectivity index (χ2n) is 11.9. The number of carbonyl (C=O) groups is 1. The number of rotatable bonds is 20. The Morgan fingerprint density at radius 2 is 1.95 bits per heavy atom. The molecule has 0 spiro atoms. The van der Waals surface area contributed by atoms with E-state index in [0.717, 1.165) is 44.1 Å². The molecule has 224 valence electrons. The number of carboxylic acid groups (broad SMARTS) is 1. The Morgan fingerprint density at radius 1 is 1.23 bits per heavy atom. The summed E-state index contributed by atoms with van der Waals surface area (Å²) in [6.45, 7) is 11.1. The molecule has 0 aliphatic carbocycles. The Hall–Kier alpha value is -2.32. The molecule has 40 heavy (non-hydrogen) atoms. The summed E-state index contributed by atoms with van der Waals surface area (Å²) in [5.74, 6) is -0.184. The van der Waals surface area contributed by atoms with Gasteiger partial charge in [-0.1, -0.05) is 69.6 Å². The van der Waals surface area contributed by atoms with Crippen molar-refractivity contribution in [1.82, 2.24) is 10.3 Å². The van der Waals surface area contributed by atoms with Crippen LogP contribution in [0.4, 0.5) is 0 Å². The molecule has 0 bridgehead atoms. The number of hydrogen-bond acceptors (Lipinski definition) is 6. The summed E-state index contributed by atoms with van der Waals surface area (Å²) < 4.78 is 6.00. The summed E-state index contributed by atoms with van der Waals surface area (Å²) >= 11 is 0. The van der Waals surface area contributed by atoms with Crippen LogP contribution in [-0.2, 0) is 16.1 Å². The van der Waals surface area contributed by atoms with E-state index in [0.29, 0.717) is 24.8 Å². The third-order valence-electron chi connectivity index (χ3n) is 7.56. The van der Waals surface area contributed by atoms with Crippen molar-refractivity contribution < 1.29 is 24.9 Å². The van der Waals surface area contributed by atoms with Gasteiger partial charge in [-0.05, 0) is 75.5 Å². The fourth-order valence-corrected chi connectivity index (χ4v) is 5.07. The lowest BCUT2D eigenvalue weighted by molar-refractivity contribution is -0.139. The molecule has 1 aromatic heterocycles. The van der Waals surface area contributed by atoms with Crippen LogP contribution in [0, 0.1) is 11.8 Å². The molecule has 1 aromatic rings. The Kier molecular flexibility index (Phi) is 14.8. The molecule has 0 aromatic carbocycles. The first-order chi connectivity index (χ1) is 19.0. The first-order valence-corrected chi connectivity index (χ1v) is 14.9. The average Bonchev–Trinajstić information content (AvgIpc) is 3.65. The van der Waals surface area contributed by atoms with Gasteiger partial charge < -0.3 is 25.4 Å². The van der Waals surface area contributed by atoms with Gasteiger partial charge in [0.1, 0.15) is 6.10 Å². The van der Waals surface area contributed by atoms with Crippen LogP contribution in [0.15, 0.2) is 60.5 Å². The number of aliphatic carboxylic acids is 1. The minimum atomic E-state index is -1.07. The molecule has 0 saturated carbocycles. The summed E-state index contributed by atoms with van der Waals surface area (Å²) in [4.78, 5) is 14.8. The predicted molar refractivity (Wildman–Crippen MR) is 161 cm³/mol. The number of ether oxygens (including phenoxy) is 1. The number of nitrogens with one attached hydrogen (secondary N) is 1. The molecular weight excluding hydrogens is 504 g/mol. The zero-order valence-corrected chi connectivity index (χ0v) is 25.1. The third-order valence-corrected chi connectivity index (χ3v) is 7.56. The Balaban J connectivity index is 1.87. The molecule has 7 unspecified atom stereocenters. The highest BCUT2D eigenvalue weighted by atomic mass is 16.6. The SMILES string of the molecule is CCCCC1OC1C(NCc1ccncc1)C(C)(O)/C=C/C=C(\C)CC(C)/C=C/CC(C)CCC(O)CC(=O)O. The van der Waals surface area contributed by atoms with Gasteiger partial charge in [-0.3, -0.25) is 9.78 Å². The number of allylic oxidation sites excluding steroid dienone is 5. The number of nitrogens with zero attached hydrogens (tertiary/aromatic N) is 1. The zero-order chi connectivity index (χ0) is 29.5. The Labute approximate surface area is 241 Å². The van der Waals surface area contributed by atoms with Gasteiger partial charge in [-0.2, -0.15) is 0 Å². The van der Waals surface area contributed by atoms with E-state index in [-0.39, 0.29) is 24.7 Å². The summed E-state index contributed by atoms with van der Waals surface area (Å²) in [5.41, 5.74) is 1.28. The van der Waals surface area contributed by atoms with Gasteiger partial charge in [-0.15, -0.1) is 0 Å². The maximum absolute atomic E-state index is 11.5. The van der Waals surface area contributed by atoms with E-state index < -0.39 is 17.7 Å². The van der Waals surface area contributed by atoms with Crippen LogP contribution in [0.1, 0.15) is 91.5 Å². The minimum Gasteiger partial charge on any atom is -0.481 e. The van der Waals surface area contributed by atoms with Crippen LogP contribution in [-0.4, -0.2) is 56.2 Å². The van der Waals surface area contributed by atoms with Gasteiger partial charge in [0, 0.05) is 18.9 Å². The number of aromatic nitrogens is 1. The molecule has 4 N–H and O–H groups in total. The van der Waals surface area contributed by atoms with E-state index in [4.69, 9.17) is 9.84 Å². The lowest BCUT2D eigenvalue weighted by Gasteiger charge is -2.30. The highest BCUT2D eigenvalue weighted by Crippen LogP contribution is 2.35.